The van der Waals surface area contributed by atoms with Crippen LogP contribution in [0.2, 0.25) is 0 Å². The van der Waals surface area contributed by atoms with Crippen LogP contribution in [0.3, 0.4) is 0 Å². The fourth-order valence-electron chi connectivity index (χ4n) is 7.02. The highest BCUT2D eigenvalue weighted by Crippen LogP contribution is 2.37. The van der Waals surface area contributed by atoms with Crippen molar-refractivity contribution in [2.75, 3.05) is 34.2 Å². The molecule has 0 aromatic rings. The average Bonchev–Trinajstić information content (AvgIpc) is 3.40. The maximum Gasteiger partial charge on any atom is 0.00963 e. The predicted molar refractivity (Wildman–Crippen MR) is 111 cm³/mol. The quantitative estimate of drug-likeness (QED) is 0.639. The lowest BCUT2D eigenvalue weighted by atomic mass is 10.0. The molecule has 3 nitrogen and oxygen atoms in total. The molecule has 0 N–H and O–H groups in total. The number of likely N-dealkylation sites (tertiary alicyclic amines) is 1. The van der Waals surface area contributed by atoms with E-state index < -0.39 is 0 Å². The summed E-state index contributed by atoms with van der Waals surface area (Å²) in [5, 5.41) is 0. The molecule has 1 saturated carbocycles. The number of rotatable bonds is 0. The maximum atomic E-state index is 2.59. The monoisotopic (exact) mass is 361 g/mol. The van der Waals surface area contributed by atoms with Gasteiger partial charge in [0.2, 0.25) is 0 Å². The van der Waals surface area contributed by atoms with Gasteiger partial charge in [0, 0.05) is 37.3 Å². The summed E-state index contributed by atoms with van der Waals surface area (Å²) in [7, 11) is 6.81. The van der Waals surface area contributed by atoms with Gasteiger partial charge in [-0.2, -0.15) is 0 Å². The molecule has 0 spiro atoms. The van der Waals surface area contributed by atoms with Crippen molar-refractivity contribution in [3.63, 3.8) is 0 Å². The van der Waals surface area contributed by atoms with Crippen LogP contribution in [-0.2, 0) is 0 Å². The lowest BCUT2D eigenvalue weighted by Gasteiger charge is -2.30. The lowest BCUT2D eigenvalue weighted by Crippen LogP contribution is -2.35. The van der Waals surface area contributed by atoms with Crippen LogP contribution in [0, 0.1) is 11.8 Å². The van der Waals surface area contributed by atoms with Gasteiger partial charge in [-0.3, -0.25) is 0 Å². The minimum Gasteiger partial charge on any atom is -0.306 e. The number of hydrogen-bond acceptors (Lipinski definition) is 3. The highest BCUT2D eigenvalue weighted by molar-refractivity contribution is 4.92. The third-order valence-corrected chi connectivity index (χ3v) is 8.79. The van der Waals surface area contributed by atoms with Gasteiger partial charge in [0.25, 0.3) is 0 Å². The topological polar surface area (TPSA) is 9.72 Å². The molecule has 26 heavy (non-hydrogen) atoms. The van der Waals surface area contributed by atoms with Crippen LogP contribution in [-0.4, -0.2) is 73.1 Å². The summed E-state index contributed by atoms with van der Waals surface area (Å²) in [5.41, 5.74) is 0. The Balaban J connectivity index is 0.0000000972. The second-order valence-corrected chi connectivity index (χ2v) is 10.3. The van der Waals surface area contributed by atoms with E-state index in [1.54, 1.807) is 0 Å². The Hall–Kier alpha value is -0.120. The van der Waals surface area contributed by atoms with Crippen LogP contribution < -0.4 is 0 Å². The minimum absolute atomic E-state index is 0.962. The van der Waals surface area contributed by atoms with Crippen LogP contribution >= 0.6 is 0 Å². The largest absolute Gasteiger partial charge is 0.306 e. The zero-order chi connectivity index (χ0) is 18.1. The third-order valence-electron chi connectivity index (χ3n) is 8.79. The van der Waals surface area contributed by atoms with Crippen molar-refractivity contribution >= 4 is 0 Å². The Labute approximate surface area is 162 Å². The van der Waals surface area contributed by atoms with Crippen molar-refractivity contribution in [2.45, 2.75) is 101 Å². The first-order valence-corrected chi connectivity index (χ1v) is 11.7. The van der Waals surface area contributed by atoms with Gasteiger partial charge in [0.05, 0.1) is 0 Å². The van der Waals surface area contributed by atoms with Crippen molar-refractivity contribution in [1.82, 2.24) is 14.7 Å². The molecule has 0 amide bonds. The SMILES string of the molecule is CN1C2CCC1CC2.CN1C2CCCC1CC2.CN1CC2CCCC2C1. The summed E-state index contributed by atoms with van der Waals surface area (Å²) in [6, 6.07) is 3.87. The van der Waals surface area contributed by atoms with Gasteiger partial charge < -0.3 is 14.7 Å². The smallest absolute Gasteiger partial charge is 0.00963 e. The number of piperidine rings is 1. The van der Waals surface area contributed by atoms with Gasteiger partial charge in [-0.1, -0.05) is 12.8 Å². The van der Waals surface area contributed by atoms with Crippen molar-refractivity contribution in [3.8, 4) is 0 Å². The maximum absolute atomic E-state index is 2.59. The molecule has 4 bridgehead atoms. The van der Waals surface area contributed by atoms with Crippen molar-refractivity contribution < 1.29 is 0 Å². The Morgan fingerprint density at radius 2 is 0.808 bits per heavy atom. The molecule has 6 aliphatic rings. The normalized spacial score (nSPS) is 44.4. The summed E-state index contributed by atoms with van der Waals surface area (Å²) in [6.07, 6.45) is 17.8. The van der Waals surface area contributed by atoms with Gasteiger partial charge in [0.15, 0.2) is 0 Å². The standard InChI is InChI=1S/2C8H15N.C7H13N/c1-9-5-7-3-2-4-8(7)6-9;1-9-7-3-2-4-8(9)6-5-7;1-8-6-2-3-7(8)5-4-6/h2*7-8H,2-6H2,1H3;6-7H,2-5H2,1H3. The molecular weight excluding hydrogens is 318 g/mol. The lowest BCUT2D eigenvalue weighted by molar-refractivity contribution is 0.179. The van der Waals surface area contributed by atoms with Crippen molar-refractivity contribution in [2.24, 2.45) is 11.8 Å². The molecule has 6 rings (SSSR count). The molecule has 4 unspecified atom stereocenters. The van der Waals surface area contributed by atoms with E-state index in [0.29, 0.717) is 0 Å². The van der Waals surface area contributed by atoms with Crippen molar-refractivity contribution in [1.29, 1.82) is 0 Å². The van der Waals surface area contributed by atoms with Gasteiger partial charge in [-0.25, -0.2) is 0 Å². The molecule has 0 aromatic heterocycles. The van der Waals surface area contributed by atoms with Gasteiger partial charge in [0.1, 0.15) is 0 Å². The number of fused-ring (bicyclic) bond motifs is 5. The Morgan fingerprint density at radius 3 is 1.15 bits per heavy atom. The summed E-state index contributed by atoms with van der Waals surface area (Å²) >= 11 is 0. The second kappa shape index (κ2) is 8.49. The van der Waals surface area contributed by atoms with Crippen LogP contribution in [0.1, 0.15) is 77.0 Å². The second-order valence-electron chi connectivity index (χ2n) is 10.3. The van der Waals surface area contributed by atoms with E-state index in [0.717, 1.165) is 36.0 Å². The van der Waals surface area contributed by atoms with E-state index in [4.69, 9.17) is 0 Å². The van der Waals surface area contributed by atoms with E-state index in [9.17, 15) is 0 Å². The van der Waals surface area contributed by atoms with E-state index in [1.165, 1.54) is 90.1 Å². The molecule has 3 heteroatoms. The summed E-state index contributed by atoms with van der Waals surface area (Å²) < 4.78 is 0. The first-order chi connectivity index (χ1) is 12.6. The summed E-state index contributed by atoms with van der Waals surface area (Å²) in [4.78, 5) is 7.62. The number of nitrogens with zero attached hydrogens (tertiary/aromatic N) is 3. The van der Waals surface area contributed by atoms with E-state index in [2.05, 4.69) is 35.8 Å². The molecule has 150 valence electrons. The average molecular weight is 362 g/mol. The highest BCUT2D eigenvalue weighted by Gasteiger charge is 2.36. The van der Waals surface area contributed by atoms with Crippen LogP contribution in [0.4, 0.5) is 0 Å². The first kappa shape index (κ1) is 19.2. The van der Waals surface area contributed by atoms with E-state index in [1.807, 2.05) is 0 Å². The van der Waals surface area contributed by atoms with Crippen LogP contribution in [0.15, 0.2) is 0 Å². The highest BCUT2D eigenvalue weighted by atomic mass is 15.2. The molecular formula is C23H43N3. The Morgan fingerprint density at radius 1 is 0.462 bits per heavy atom. The Bertz CT molecular complexity index is 405. The molecule has 5 saturated heterocycles. The summed E-state index contributed by atoms with van der Waals surface area (Å²) in [5.74, 6) is 2.16. The molecule has 4 atom stereocenters. The first-order valence-electron chi connectivity index (χ1n) is 11.7. The fourth-order valence-corrected chi connectivity index (χ4v) is 7.02. The molecule has 5 aliphatic heterocycles. The zero-order valence-corrected chi connectivity index (χ0v) is 17.7. The van der Waals surface area contributed by atoms with E-state index in [-0.39, 0.29) is 0 Å². The fraction of sp³-hybridized carbons (Fsp3) is 1.00. The molecule has 5 heterocycles. The Kier molecular flexibility index (Phi) is 6.27. The van der Waals surface area contributed by atoms with Gasteiger partial charge in [-0.05, 0) is 97.2 Å². The van der Waals surface area contributed by atoms with Crippen LogP contribution in [0.5, 0.6) is 0 Å². The van der Waals surface area contributed by atoms with Crippen molar-refractivity contribution in [3.05, 3.63) is 0 Å². The zero-order valence-electron chi connectivity index (χ0n) is 17.7. The predicted octanol–water partition coefficient (Wildman–Crippen LogP) is 4.22. The minimum atomic E-state index is 0.962. The number of hydrogen-bond donors (Lipinski definition) is 0. The molecule has 0 aromatic carbocycles. The molecule has 6 fully saturated rings. The molecule has 1 aliphatic carbocycles. The van der Waals surface area contributed by atoms with E-state index >= 15 is 0 Å². The van der Waals surface area contributed by atoms with Crippen LogP contribution in [0.25, 0.3) is 0 Å². The summed E-state index contributed by atoms with van der Waals surface area (Å²) in [6.45, 7) is 2.76. The molecule has 0 radical (unpaired) electrons. The van der Waals surface area contributed by atoms with Gasteiger partial charge >= 0.3 is 0 Å². The third kappa shape index (κ3) is 4.15. The van der Waals surface area contributed by atoms with Gasteiger partial charge in [-0.15, -0.1) is 0 Å².